The predicted molar refractivity (Wildman–Crippen MR) is 190 cm³/mol. The molecule has 3 aromatic heterocycles. The number of rotatable bonds is 9. The average Bonchev–Trinajstić information content (AvgIpc) is 3.72. The molecular weight excluding hydrogens is 720 g/mol. The van der Waals surface area contributed by atoms with E-state index in [4.69, 9.17) is 28.9 Å². The molecule has 0 fully saturated rings. The molecule has 3 N–H and O–H groups in total. The van der Waals surface area contributed by atoms with Crippen molar-refractivity contribution in [2.24, 2.45) is 15.9 Å². The summed E-state index contributed by atoms with van der Waals surface area (Å²) in [5.41, 5.74) is 7.37. The number of hydrazone groups is 2. The number of benzene rings is 3. The highest BCUT2D eigenvalue weighted by molar-refractivity contribution is 6.36. The molecule has 7 rings (SSSR count). The molecule has 2 amide bonds. The smallest absolute Gasteiger partial charge is 0.365 e. The van der Waals surface area contributed by atoms with Crippen molar-refractivity contribution in [1.82, 2.24) is 29.7 Å². The monoisotopic (exact) mass is 744 g/mol. The van der Waals surface area contributed by atoms with Crippen LogP contribution >= 0.6 is 23.2 Å². The lowest BCUT2D eigenvalue weighted by Crippen LogP contribution is -2.21. The number of aromatic nitrogens is 5. The number of alkyl halides is 3. The number of carbonyl (C=O) groups excluding carboxylic acids is 2. The normalized spacial score (nSPS) is 13.0. The molecule has 0 unspecified atom stereocenters. The van der Waals surface area contributed by atoms with E-state index in [9.17, 15) is 22.8 Å². The fraction of sp³-hybridized carbons (Fsp3) is 0.114. The third-order valence-electron chi connectivity index (χ3n) is 7.99. The van der Waals surface area contributed by atoms with E-state index in [2.05, 4.69) is 30.7 Å². The first-order valence-corrected chi connectivity index (χ1v) is 16.3. The third kappa shape index (κ3) is 7.08. The Bertz CT molecular complexity index is 2390. The second-order valence-electron chi connectivity index (χ2n) is 11.6. The zero-order chi connectivity index (χ0) is 36.6. The van der Waals surface area contributed by atoms with E-state index in [1.54, 1.807) is 35.3 Å². The van der Waals surface area contributed by atoms with Crippen LogP contribution in [0.1, 0.15) is 49.7 Å². The molecule has 0 saturated carbocycles. The van der Waals surface area contributed by atoms with Gasteiger partial charge in [0.15, 0.2) is 5.82 Å². The second-order valence-corrected chi connectivity index (χ2v) is 12.4. The number of hydrogen-bond donors (Lipinski definition) is 2. The molecule has 4 heterocycles. The van der Waals surface area contributed by atoms with Crippen molar-refractivity contribution in [2.75, 3.05) is 5.32 Å². The van der Waals surface area contributed by atoms with Crippen molar-refractivity contribution in [2.45, 2.75) is 25.7 Å². The Kier molecular flexibility index (Phi) is 9.21. The first kappa shape index (κ1) is 34.4. The molecule has 52 heavy (non-hydrogen) atoms. The van der Waals surface area contributed by atoms with Gasteiger partial charge in [-0.1, -0.05) is 65.7 Å². The molecule has 0 aliphatic carbocycles. The minimum Gasteiger partial charge on any atom is -0.365 e. The summed E-state index contributed by atoms with van der Waals surface area (Å²) in [6.07, 6.45) is 0.577. The Hall–Kier alpha value is -6.06. The Morgan fingerprint density at radius 2 is 1.69 bits per heavy atom. The van der Waals surface area contributed by atoms with Crippen LogP contribution in [0.2, 0.25) is 10.0 Å². The highest BCUT2D eigenvalue weighted by atomic mass is 35.5. The fourth-order valence-corrected chi connectivity index (χ4v) is 6.07. The maximum atomic E-state index is 14.0. The predicted octanol–water partition coefficient (Wildman–Crippen LogP) is 6.94. The Morgan fingerprint density at radius 3 is 2.40 bits per heavy atom. The lowest BCUT2D eigenvalue weighted by Gasteiger charge is -2.18. The van der Waals surface area contributed by atoms with Gasteiger partial charge in [-0.3, -0.25) is 14.3 Å². The lowest BCUT2D eigenvalue weighted by molar-refractivity contribution is -0.137. The van der Waals surface area contributed by atoms with Gasteiger partial charge in [0.25, 0.3) is 11.8 Å². The number of nitrogens with two attached hydrogens (primary N) is 1. The SMILES string of the molecule is NC(=O)c1c(NC(=O)c2cc(CN3N=CCC(c4ccc(C(F)(F)F)cc4)=N3)nn2-c2ncccc2Cl)c(Cl)cc2cn(Cc3ccccc3)nc12. The maximum Gasteiger partial charge on any atom is 0.416 e. The van der Waals surface area contributed by atoms with Crippen molar-refractivity contribution in [1.29, 1.82) is 0 Å². The van der Waals surface area contributed by atoms with Gasteiger partial charge < -0.3 is 11.1 Å². The number of halogens is 5. The molecule has 0 spiro atoms. The summed E-state index contributed by atoms with van der Waals surface area (Å²) in [6.45, 7) is 0.368. The number of hydrogen-bond acceptors (Lipinski definition) is 8. The highest BCUT2D eigenvalue weighted by Gasteiger charge is 2.30. The maximum absolute atomic E-state index is 14.0. The number of anilines is 1. The van der Waals surface area contributed by atoms with Crippen molar-refractivity contribution in [3.05, 3.63) is 135 Å². The van der Waals surface area contributed by atoms with E-state index < -0.39 is 23.6 Å². The van der Waals surface area contributed by atoms with Crippen molar-refractivity contribution >= 4 is 63.5 Å². The molecule has 1 aliphatic heterocycles. The van der Waals surface area contributed by atoms with Gasteiger partial charge in [-0.25, -0.2) is 9.67 Å². The van der Waals surface area contributed by atoms with Crippen LogP contribution in [0.4, 0.5) is 18.9 Å². The van der Waals surface area contributed by atoms with Gasteiger partial charge >= 0.3 is 6.18 Å². The number of carbonyl (C=O) groups is 2. The molecule has 0 bridgehead atoms. The van der Waals surface area contributed by atoms with Gasteiger partial charge in [0.1, 0.15) is 17.8 Å². The number of pyridine rings is 1. The average molecular weight is 746 g/mol. The molecule has 0 atom stereocenters. The topological polar surface area (TPSA) is 149 Å². The molecule has 6 aromatic rings. The summed E-state index contributed by atoms with van der Waals surface area (Å²) >= 11 is 13.1. The van der Waals surface area contributed by atoms with Crippen LogP contribution in [-0.2, 0) is 19.3 Å². The molecule has 0 radical (unpaired) electrons. The van der Waals surface area contributed by atoms with Gasteiger partial charge in [0.05, 0.1) is 44.8 Å². The number of primary amides is 1. The van der Waals surface area contributed by atoms with E-state index in [1.807, 2.05) is 30.3 Å². The van der Waals surface area contributed by atoms with Crippen molar-refractivity contribution in [3.8, 4) is 5.82 Å². The quantitative estimate of drug-likeness (QED) is 0.164. The van der Waals surface area contributed by atoms with Crippen LogP contribution in [0.5, 0.6) is 0 Å². The van der Waals surface area contributed by atoms with E-state index >= 15 is 0 Å². The summed E-state index contributed by atoms with van der Waals surface area (Å²) in [4.78, 5) is 31.2. The van der Waals surface area contributed by atoms with Crippen LogP contribution in [0.15, 0.2) is 101 Å². The molecular formula is C35H25Cl2F3N10O2. The van der Waals surface area contributed by atoms with Crippen LogP contribution in [0.3, 0.4) is 0 Å². The van der Waals surface area contributed by atoms with Gasteiger partial charge in [0.2, 0.25) is 0 Å². The minimum atomic E-state index is -4.47. The Labute approximate surface area is 302 Å². The third-order valence-corrected chi connectivity index (χ3v) is 8.58. The zero-order valence-electron chi connectivity index (χ0n) is 26.7. The molecule has 1 aliphatic rings. The summed E-state index contributed by atoms with van der Waals surface area (Å²) in [5.74, 6) is -1.46. The zero-order valence-corrected chi connectivity index (χ0v) is 28.2. The number of nitrogens with one attached hydrogen (secondary N) is 1. The number of amides is 2. The summed E-state index contributed by atoms with van der Waals surface area (Å²) in [5, 5.41) is 22.7. The highest BCUT2D eigenvalue weighted by Crippen LogP contribution is 2.34. The lowest BCUT2D eigenvalue weighted by atomic mass is 10.1. The number of nitrogens with zero attached hydrogens (tertiary/aromatic N) is 8. The fourth-order valence-electron chi connectivity index (χ4n) is 5.61. The molecule has 3 aromatic carbocycles. The molecule has 17 heteroatoms. The van der Waals surface area contributed by atoms with Crippen LogP contribution in [-0.4, -0.2) is 53.4 Å². The van der Waals surface area contributed by atoms with E-state index in [-0.39, 0.29) is 51.3 Å². The standard InChI is InChI=1S/C35H25Cl2F3N10O2/c36-25-7-4-13-42-33(25)50-28(16-24(45-50)19-49-43-14-12-27(46-49)21-8-10-23(11-9-21)35(38,39)40)34(52)44-31-26(37)15-22-18-48(17-20-5-2-1-3-6-20)47-30(22)29(31)32(41)51/h1-11,13-16,18H,12,17,19H2,(H2,41,51)(H,44,52). The van der Waals surface area contributed by atoms with Crippen LogP contribution in [0, 0.1) is 0 Å². The molecule has 262 valence electrons. The molecule has 12 nitrogen and oxygen atoms in total. The van der Waals surface area contributed by atoms with E-state index in [0.717, 1.165) is 17.7 Å². The van der Waals surface area contributed by atoms with Crippen LogP contribution in [0.25, 0.3) is 16.7 Å². The van der Waals surface area contributed by atoms with Crippen LogP contribution < -0.4 is 11.1 Å². The minimum absolute atomic E-state index is 0.0373. The summed E-state index contributed by atoms with van der Waals surface area (Å²) in [7, 11) is 0. The number of fused-ring (bicyclic) bond motifs is 1. The van der Waals surface area contributed by atoms with Gasteiger partial charge in [-0.05, 0) is 47.5 Å². The summed E-state index contributed by atoms with van der Waals surface area (Å²) < 4.78 is 42.2. The second kappa shape index (κ2) is 13.9. The van der Waals surface area contributed by atoms with E-state index in [1.165, 1.54) is 34.2 Å². The Morgan fingerprint density at radius 1 is 0.923 bits per heavy atom. The first-order valence-electron chi connectivity index (χ1n) is 15.5. The molecule has 0 saturated heterocycles. The summed E-state index contributed by atoms with van der Waals surface area (Å²) in [6, 6.07) is 20.5. The van der Waals surface area contributed by atoms with E-state index in [0.29, 0.717) is 28.9 Å². The van der Waals surface area contributed by atoms with Gasteiger partial charge in [0, 0.05) is 30.4 Å². The van der Waals surface area contributed by atoms with Crippen molar-refractivity contribution < 1.29 is 22.8 Å². The van der Waals surface area contributed by atoms with Gasteiger partial charge in [-0.15, -0.1) is 0 Å². The Balaban J connectivity index is 1.21. The van der Waals surface area contributed by atoms with Crippen molar-refractivity contribution in [3.63, 3.8) is 0 Å². The first-order chi connectivity index (χ1) is 24.9. The largest absolute Gasteiger partial charge is 0.416 e. The van der Waals surface area contributed by atoms with Gasteiger partial charge in [-0.2, -0.15) is 38.7 Å².